The molecule has 0 heterocycles. The summed E-state index contributed by atoms with van der Waals surface area (Å²) in [5.41, 5.74) is 3.98. The summed E-state index contributed by atoms with van der Waals surface area (Å²) < 4.78 is 0. The van der Waals surface area contributed by atoms with Crippen molar-refractivity contribution in [2.24, 2.45) is 0 Å². The van der Waals surface area contributed by atoms with Gasteiger partial charge >= 0.3 is 0 Å². The summed E-state index contributed by atoms with van der Waals surface area (Å²) in [5.74, 6) is 0. The third-order valence-electron chi connectivity index (χ3n) is 1.93. The van der Waals surface area contributed by atoms with Crippen LogP contribution in [0.5, 0.6) is 0 Å². The maximum Gasteiger partial charge on any atom is -0.0105 e. The van der Waals surface area contributed by atoms with Gasteiger partial charge in [0.15, 0.2) is 0 Å². The quantitative estimate of drug-likeness (QED) is 0.547. The van der Waals surface area contributed by atoms with Crippen LogP contribution in [0.3, 0.4) is 0 Å². The van der Waals surface area contributed by atoms with E-state index in [0.717, 1.165) is 6.42 Å². The number of hydrogen-bond donors (Lipinski definition) is 0. The van der Waals surface area contributed by atoms with Gasteiger partial charge in [-0.25, -0.2) is 0 Å². The molecule has 0 radical (unpaired) electrons. The van der Waals surface area contributed by atoms with E-state index < -0.39 is 0 Å². The average molecular weight is 162 g/mol. The maximum atomic E-state index is 3.74. The summed E-state index contributed by atoms with van der Waals surface area (Å²) in [4.78, 5) is 0. The molecular weight excluding hydrogens is 144 g/mol. The van der Waals surface area contributed by atoms with Gasteiger partial charge in [0.1, 0.15) is 0 Å². The first kappa shape index (κ1) is 11.0. The number of hydrogen-bond acceptors (Lipinski definition) is 0. The van der Waals surface area contributed by atoms with Gasteiger partial charge < -0.3 is 0 Å². The summed E-state index contributed by atoms with van der Waals surface area (Å²) in [5, 5.41) is 0. The molecule has 0 spiro atoms. The average Bonchev–Trinajstić information content (AvgIpc) is 2.03. The third kappa shape index (κ3) is 3.97. The second kappa shape index (κ2) is 5.59. The zero-order chi connectivity index (χ0) is 9.56. The van der Waals surface area contributed by atoms with Gasteiger partial charge in [0, 0.05) is 0 Å². The molecule has 0 N–H and O–H groups in total. The van der Waals surface area contributed by atoms with Gasteiger partial charge in [-0.1, -0.05) is 48.1 Å². The highest BCUT2D eigenvalue weighted by molar-refractivity contribution is 5.25. The van der Waals surface area contributed by atoms with Crippen LogP contribution in [0.4, 0.5) is 0 Å². The minimum absolute atomic E-state index is 1.02. The molecule has 0 aromatic heterocycles. The van der Waals surface area contributed by atoms with Crippen LogP contribution < -0.4 is 0 Å². The Bertz CT molecular complexity index is 226. The van der Waals surface area contributed by atoms with Gasteiger partial charge in [-0.15, -0.1) is 0 Å². The van der Waals surface area contributed by atoms with Crippen molar-refractivity contribution in [1.29, 1.82) is 0 Å². The second-order valence-electron chi connectivity index (χ2n) is 3.09. The standard InChI is InChI=1S/C12H18/c1-6-8-10(3)9-12(5)11(4)7-2/h6-8H,1-2,9H2,3-5H3/b10-8-,12-11-. The van der Waals surface area contributed by atoms with Gasteiger partial charge in [-0.3, -0.25) is 0 Å². The molecule has 0 fully saturated rings. The number of rotatable bonds is 4. The van der Waals surface area contributed by atoms with Gasteiger partial charge in [0.2, 0.25) is 0 Å². The van der Waals surface area contributed by atoms with E-state index in [-0.39, 0.29) is 0 Å². The highest BCUT2D eigenvalue weighted by Gasteiger charge is 1.94. The van der Waals surface area contributed by atoms with Crippen LogP contribution in [0, 0.1) is 0 Å². The van der Waals surface area contributed by atoms with Crippen molar-refractivity contribution in [2.75, 3.05) is 0 Å². The van der Waals surface area contributed by atoms with Crippen molar-refractivity contribution in [2.45, 2.75) is 27.2 Å². The lowest BCUT2D eigenvalue weighted by atomic mass is 10.0. The normalized spacial score (nSPS) is 13.8. The van der Waals surface area contributed by atoms with E-state index >= 15 is 0 Å². The largest absolute Gasteiger partial charge is 0.0991 e. The first-order chi connectivity index (χ1) is 5.61. The Hall–Kier alpha value is -1.04. The first-order valence-corrected chi connectivity index (χ1v) is 4.18. The fourth-order valence-corrected chi connectivity index (χ4v) is 0.992. The Kier molecular flexibility index (Phi) is 5.11. The highest BCUT2D eigenvalue weighted by atomic mass is 14.0. The molecule has 0 aliphatic heterocycles. The molecule has 0 unspecified atom stereocenters. The van der Waals surface area contributed by atoms with Gasteiger partial charge in [0.05, 0.1) is 0 Å². The summed E-state index contributed by atoms with van der Waals surface area (Å²) >= 11 is 0. The lowest BCUT2D eigenvalue weighted by Gasteiger charge is -2.03. The van der Waals surface area contributed by atoms with Crippen LogP contribution in [0.1, 0.15) is 27.2 Å². The smallest absolute Gasteiger partial charge is 0.0105 e. The van der Waals surface area contributed by atoms with Gasteiger partial charge in [-0.2, -0.15) is 0 Å². The van der Waals surface area contributed by atoms with Gasteiger partial charge in [-0.05, 0) is 27.2 Å². The zero-order valence-electron chi connectivity index (χ0n) is 8.35. The molecular formula is C12H18. The van der Waals surface area contributed by atoms with Crippen LogP contribution >= 0.6 is 0 Å². The SMILES string of the molecule is C=C/C=C(/C)C/C(C)=C(/C)C=C. The molecule has 0 bridgehead atoms. The van der Waals surface area contributed by atoms with E-state index in [4.69, 9.17) is 0 Å². The Balaban J connectivity index is 4.36. The van der Waals surface area contributed by atoms with E-state index in [1.165, 1.54) is 16.7 Å². The van der Waals surface area contributed by atoms with Crippen molar-refractivity contribution in [3.8, 4) is 0 Å². The molecule has 12 heavy (non-hydrogen) atoms. The summed E-state index contributed by atoms with van der Waals surface area (Å²) in [6, 6.07) is 0. The molecule has 0 amide bonds. The molecule has 0 atom stereocenters. The molecule has 0 aromatic carbocycles. The molecule has 0 saturated heterocycles. The van der Waals surface area contributed by atoms with E-state index in [1.807, 2.05) is 18.2 Å². The van der Waals surface area contributed by atoms with Crippen LogP contribution in [-0.2, 0) is 0 Å². The van der Waals surface area contributed by atoms with Crippen LogP contribution in [0.25, 0.3) is 0 Å². The Labute approximate surface area is 76.0 Å². The summed E-state index contributed by atoms with van der Waals surface area (Å²) in [6.07, 6.45) is 6.78. The van der Waals surface area contributed by atoms with Crippen molar-refractivity contribution in [3.63, 3.8) is 0 Å². The highest BCUT2D eigenvalue weighted by Crippen LogP contribution is 2.14. The van der Waals surface area contributed by atoms with Crippen LogP contribution in [0.15, 0.2) is 48.1 Å². The molecule has 0 rings (SSSR count). The van der Waals surface area contributed by atoms with Crippen molar-refractivity contribution in [1.82, 2.24) is 0 Å². The second-order valence-corrected chi connectivity index (χ2v) is 3.09. The van der Waals surface area contributed by atoms with Crippen molar-refractivity contribution in [3.05, 3.63) is 48.1 Å². The van der Waals surface area contributed by atoms with Crippen molar-refractivity contribution >= 4 is 0 Å². The maximum absolute atomic E-state index is 3.74. The van der Waals surface area contributed by atoms with E-state index in [1.54, 1.807) is 0 Å². The Morgan fingerprint density at radius 1 is 1.17 bits per heavy atom. The molecule has 0 saturated carbocycles. The predicted octanol–water partition coefficient (Wildman–Crippen LogP) is 4.03. The third-order valence-corrected chi connectivity index (χ3v) is 1.93. The van der Waals surface area contributed by atoms with Crippen molar-refractivity contribution < 1.29 is 0 Å². The summed E-state index contributed by atoms with van der Waals surface area (Å²) in [6.45, 7) is 13.7. The zero-order valence-corrected chi connectivity index (χ0v) is 8.35. The van der Waals surface area contributed by atoms with Gasteiger partial charge in [0.25, 0.3) is 0 Å². The molecule has 0 aromatic rings. The molecule has 0 aliphatic carbocycles. The Morgan fingerprint density at radius 2 is 1.75 bits per heavy atom. The van der Waals surface area contributed by atoms with E-state index in [0.29, 0.717) is 0 Å². The summed E-state index contributed by atoms with van der Waals surface area (Å²) in [7, 11) is 0. The molecule has 0 heteroatoms. The monoisotopic (exact) mass is 162 g/mol. The van der Waals surface area contributed by atoms with E-state index in [2.05, 4.69) is 33.9 Å². The minimum atomic E-state index is 1.02. The topological polar surface area (TPSA) is 0 Å². The fraction of sp³-hybridized carbons (Fsp3) is 0.333. The predicted molar refractivity (Wildman–Crippen MR) is 57.1 cm³/mol. The van der Waals surface area contributed by atoms with Crippen LogP contribution in [0.2, 0.25) is 0 Å². The first-order valence-electron chi connectivity index (χ1n) is 4.18. The fourth-order valence-electron chi connectivity index (χ4n) is 0.992. The lowest BCUT2D eigenvalue weighted by Crippen LogP contribution is -1.83. The molecule has 0 nitrogen and oxygen atoms in total. The molecule has 0 aliphatic rings. The minimum Gasteiger partial charge on any atom is -0.0991 e. The lowest BCUT2D eigenvalue weighted by molar-refractivity contribution is 1.08. The number of allylic oxidation sites excluding steroid dienone is 6. The van der Waals surface area contributed by atoms with E-state index in [9.17, 15) is 0 Å². The Morgan fingerprint density at radius 3 is 2.17 bits per heavy atom. The molecule has 66 valence electrons. The van der Waals surface area contributed by atoms with Crippen LogP contribution in [-0.4, -0.2) is 0 Å².